The molecule has 0 saturated heterocycles. The number of carbonyl (C=O) groups excluding carboxylic acids is 1. The van der Waals surface area contributed by atoms with Gasteiger partial charge in [0.05, 0.1) is 5.56 Å². The van der Waals surface area contributed by atoms with Crippen LogP contribution in [0.15, 0.2) is 65.8 Å². The Kier molecular flexibility index (Phi) is 4.39. The van der Waals surface area contributed by atoms with Crippen molar-refractivity contribution in [3.8, 4) is 0 Å². The van der Waals surface area contributed by atoms with Crippen LogP contribution in [0, 0.1) is 0 Å². The maximum absolute atomic E-state index is 12.3. The van der Waals surface area contributed by atoms with Gasteiger partial charge in [-0.3, -0.25) is 0 Å². The molecule has 0 radical (unpaired) electrons. The molecule has 0 unspecified atom stereocenters. The Bertz CT molecular complexity index is 812. The number of rotatable bonds is 4. The fraction of sp³-hybridized carbons (Fsp3) is 0.111. The van der Waals surface area contributed by atoms with E-state index in [4.69, 9.17) is 4.74 Å². The van der Waals surface area contributed by atoms with Crippen LogP contribution in [0.1, 0.15) is 15.9 Å². The molecule has 0 amide bonds. The van der Waals surface area contributed by atoms with Crippen molar-refractivity contribution in [1.29, 1.82) is 0 Å². The number of ether oxygens (including phenoxy) is 1. The number of aromatic nitrogens is 1. The van der Waals surface area contributed by atoms with Crippen LogP contribution in [0.2, 0.25) is 0 Å². The second-order valence-corrected chi connectivity index (χ2v) is 5.57. The van der Waals surface area contributed by atoms with E-state index in [-0.39, 0.29) is 12.6 Å². The van der Waals surface area contributed by atoms with Crippen molar-refractivity contribution in [3.63, 3.8) is 0 Å². The Labute approximate surface area is 133 Å². The number of pyridine rings is 1. The minimum Gasteiger partial charge on any atom is -0.457 e. The molecule has 0 N–H and O–H groups in total. The summed E-state index contributed by atoms with van der Waals surface area (Å²) in [5.74, 6) is -0.342. The van der Waals surface area contributed by atoms with Gasteiger partial charge in [-0.25, -0.2) is 9.78 Å². The summed E-state index contributed by atoms with van der Waals surface area (Å²) >= 11 is 1.44. The smallest absolute Gasteiger partial charge is 0.341 e. The van der Waals surface area contributed by atoms with Gasteiger partial charge in [0.1, 0.15) is 11.6 Å². The van der Waals surface area contributed by atoms with E-state index in [0.717, 1.165) is 16.3 Å². The van der Waals surface area contributed by atoms with Gasteiger partial charge in [-0.05, 0) is 34.7 Å². The molecular weight excluding hydrogens is 294 g/mol. The van der Waals surface area contributed by atoms with E-state index in [1.54, 1.807) is 18.3 Å². The monoisotopic (exact) mass is 309 g/mol. The van der Waals surface area contributed by atoms with Crippen LogP contribution in [0.5, 0.6) is 0 Å². The highest BCUT2D eigenvalue weighted by atomic mass is 32.2. The van der Waals surface area contributed by atoms with Crippen molar-refractivity contribution in [1.82, 2.24) is 4.98 Å². The quantitative estimate of drug-likeness (QED) is 0.531. The van der Waals surface area contributed by atoms with Crippen molar-refractivity contribution in [3.05, 3.63) is 71.9 Å². The van der Waals surface area contributed by atoms with E-state index < -0.39 is 0 Å². The van der Waals surface area contributed by atoms with Crippen molar-refractivity contribution in [2.24, 2.45) is 0 Å². The van der Waals surface area contributed by atoms with Crippen molar-refractivity contribution < 1.29 is 9.53 Å². The zero-order chi connectivity index (χ0) is 15.4. The first-order chi connectivity index (χ1) is 10.8. The normalized spacial score (nSPS) is 10.6. The number of carbonyl (C=O) groups is 1. The van der Waals surface area contributed by atoms with Gasteiger partial charge in [0.2, 0.25) is 0 Å². The predicted molar refractivity (Wildman–Crippen MR) is 89.1 cm³/mol. The number of nitrogens with zero attached hydrogens (tertiary/aromatic N) is 1. The third-order valence-electron chi connectivity index (χ3n) is 3.42. The number of esters is 1. The Morgan fingerprint density at radius 1 is 1.09 bits per heavy atom. The van der Waals surface area contributed by atoms with E-state index in [1.165, 1.54) is 11.8 Å². The average Bonchev–Trinajstić information content (AvgIpc) is 2.59. The van der Waals surface area contributed by atoms with E-state index in [1.807, 2.05) is 48.7 Å². The average molecular weight is 309 g/mol. The lowest BCUT2D eigenvalue weighted by Crippen LogP contribution is -2.07. The molecule has 0 fully saturated rings. The topological polar surface area (TPSA) is 39.2 Å². The van der Waals surface area contributed by atoms with Crippen molar-refractivity contribution in [2.75, 3.05) is 6.26 Å². The van der Waals surface area contributed by atoms with E-state index in [9.17, 15) is 4.79 Å². The van der Waals surface area contributed by atoms with Gasteiger partial charge in [-0.2, -0.15) is 0 Å². The zero-order valence-corrected chi connectivity index (χ0v) is 13.0. The van der Waals surface area contributed by atoms with Crippen LogP contribution >= 0.6 is 11.8 Å². The minimum absolute atomic E-state index is 0.253. The first-order valence-electron chi connectivity index (χ1n) is 6.92. The number of benzene rings is 2. The second kappa shape index (κ2) is 6.62. The number of hydrogen-bond acceptors (Lipinski definition) is 4. The zero-order valence-electron chi connectivity index (χ0n) is 12.2. The molecule has 0 aliphatic carbocycles. The van der Waals surface area contributed by atoms with Crippen molar-refractivity contribution >= 4 is 28.5 Å². The summed E-state index contributed by atoms with van der Waals surface area (Å²) in [6, 6.07) is 17.6. The summed E-state index contributed by atoms with van der Waals surface area (Å²) < 4.78 is 5.47. The van der Waals surface area contributed by atoms with Gasteiger partial charge >= 0.3 is 5.97 Å². The molecular formula is C18H15NO2S. The van der Waals surface area contributed by atoms with Gasteiger partial charge in [-0.1, -0.05) is 42.5 Å². The molecule has 4 heteroatoms. The summed E-state index contributed by atoms with van der Waals surface area (Å²) in [5, 5.41) is 2.93. The Morgan fingerprint density at radius 2 is 1.91 bits per heavy atom. The number of thioether (sulfide) groups is 1. The molecule has 2 aromatic carbocycles. The van der Waals surface area contributed by atoms with Crippen molar-refractivity contribution in [2.45, 2.75) is 11.6 Å². The Morgan fingerprint density at radius 3 is 2.77 bits per heavy atom. The lowest BCUT2D eigenvalue weighted by atomic mass is 10.1. The molecule has 22 heavy (non-hydrogen) atoms. The predicted octanol–water partition coefficient (Wildman–Crippen LogP) is 4.31. The summed E-state index contributed by atoms with van der Waals surface area (Å²) in [6.45, 7) is 0.253. The Balaban J connectivity index is 1.81. The molecule has 0 atom stereocenters. The lowest BCUT2D eigenvalue weighted by Gasteiger charge is -2.09. The number of hydrogen-bond donors (Lipinski definition) is 0. The molecule has 1 aromatic heterocycles. The fourth-order valence-corrected chi connectivity index (χ4v) is 2.89. The molecule has 3 rings (SSSR count). The van der Waals surface area contributed by atoms with E-state index in [2.05, 4.69) is 4.98 Å². The largest absolute Gasteiger partial charge is 0.457 e. The van der Waals surface area contributed by atoms with E-state index >= 15 is 0 Å². The molecule has 0 spiro atoms. The maximum Gasteiger partial charge on any atom is 0.341 e. The minimum atomic E-state index is -0.342. The highest BCUT2D eigenvalue weighted by molar-refractivity contribution is 7.98. The summed E-state index contributed by atoms with van der Waals surface area (Å²) in [4.78, 5) is 16.4. The third kappa shape index (κ3) is 2.97. The van der Waals surface area contributed by atoms with Crippen LogP contribution in [0.3, 0.4) is 0 Å². The SMILES string of the molecule is CSc1ncccc1C(=O)OCc1cccc2ccccc12. The lowest BCUT2D eigenvalue weighted by molar-refractivity contribution is 0.0469. The molecule has 110 valence electrons. The van der Waals surface area contributed by atoms with Crippen LogP contribution in [0.4, 0.5) is 0 Å². The van der Waals surface area contributed by atoms with Gasteiger partial charge < -0.3 is 4.74 Å². The molecule has 3 aromatic rings. The van der Waals surface area contributed by atoms with Crippen LogP contribution < -0.4 is 0 Å². The Hall–Kier alpha value is -2.33. The van der Waals surface area contributed by atoms with Crippen LogP contribution in [0.25, 0.3) is 10.8 Å². The first-order valence-corrected chi connectivity index (χ1v) is 8.15. The molecule has 3 nitrogen and oxygen atoms in total. The molecule has 0 saturated carbocycles. The third-order valence-corrected chi connectivity index (χ3v) is 4.14. The summed E-state index contributed by atoms with van der Waals surface area (Å²) in [5.41, 5.74) is 1.51. The molecule has 0 aliphatic heterocycles. The van der Waals surface area contributed by atoms with E-state index in [0.29, 0.717) is 10.6 Å². The highest BCUT2D eigenvalue weighted by Crippen LogP contribution is 2.21. The molecule has 0 aliphatic rings. The van der Waals surface area contributed by atoms with Gasteiger partial charge in [0.15, 0.2) is 0 Å². The molecule has 1 heterocycles. The molecule has 0 bridgehead atoms. The number of fused-ring (bicyclic) bond motifs is 1. The van der Waals surface area contributed by atoms with Crippen LogP contribution in [-0.2, 0) is 11.3 Å². The fourth-order valence-electron chi connectivity index (χ4n) is 2.35. The van der Waals surface area contributed by atoms with Crippen LogP contribution in [-0.4, -0.2) is 17.2 Å². The maximum atomic E-state index is 12.3. The second-order valence-electron chi connectivity index (χ2n) is 4.77. The summed E-state index contributed by atoms with van der Waals surface area (Å²) in [6.07, 6.45) is 3.57. The first kappa shape index (κ1) is 14.6. The standard InChI is InChI=1S/C18H15NO2S/c1-22-17-16(10-5-11-19-17)18(20)21-12-14-8-4-7-13-6-2-3-9-15(13)14/h2-11H,12H2,1H3. The summed E-state index contributed by atoms with van der Waals surface area (Å²) in [7, 11) is 0. The van der Waals surface area contributed by atoms with Gasteiger partial charge in [-0.15, -0.1) is 11.8 Å². The highest BCUT2D eigenvalue weighted by Gasteiger charge is 2.13. The van der Waals surface area contributed by atoms with Gasteiger partial charge in [0.25, 0.3) is 0 Å². The van der Waals surface area contributed by atoms with Gasteiger partial charge in [0, 0.05) is 6.20 Å².